The van der Waals surface area contributed by atoms with Gasteiger partial charge in [-0.05, 0) is 55.0 Å². The highest BCUT2D eigenvalue weighted by Gasteiger charge is 2.10. The van der Waals surface area contributed by atoms with E-state index in [-0.39, 0.29) is 5.91 Å². The standard InChI is InChI=1S/C24H21N5O2/c1-17-5-7-18(8-6-17)16-31-21-11-9-19(10-12-21)22-14-23(28-27-22)24(30)29-26-15-20-4-2-3-13-25-20/h2-15H,16H2,1H3,(H,27,28)(H,29,30). The van der Waals surface area contributed by atoms with Crippen LogP contribution in [0.5, 0.6) is 5.75 Å². The van der Waals surface area contributed by atoms with Gasteiger partial charge in [-0.2, -0.15) is 10.2 Å². The van der Waals surface area contributed by atoms with E-state index in [0.29, 0.717) is 23.7 Å². The van der Waals surface area contributed by atoms with Crippen molar-refractivity contribution in [1.82, 2.24) is 20.6 Å². The van der Waals surface area contributed by atoms with Gasteiger partial charge in [0, 0.05) is 11.8 Å². The van der Waals surface area contributed by atoms with E-state index in [1.54, 1.807) is 18.3 Å². The smallest absolute Gasteiger partial charge is 0.289 e. The number of hydrazone groups is 1. The number of aromatic nitrogens is 3. The van der Waals surface area contributed by atoms with Crippen molar-refractivity contribution in [3.63, 3.8) is 0 Å². The maximum Gasteiger partial charge on any atom is 0.289 e. The summed E-state index contributed by atoms with van der Waals surface area (Å²) in [5.41, 5.74) is 7.28. The molecule has 4 aromatic rings. The molecule has 2 heterocycles. The lowest BCUT2D eigenvalue weighted by Gasteiger charge is -2.07. The van der Waals surface area contributed by atoms with E-state index in [2.05, 4.69) is 56.9 Å². The fraction of sp³-hybridized carbons (Fsp3) is 0.0833. The van der Waals surface area contributed by atoms with Crippen molar-refractivity contribution in [2.45, 2.75) is 13.5 Å². The molecule has 7 nitrogen and oxygen atoms in total. The minimum absolute atomic E-state index is 0.313. The number of aryl methyl sites for hydroxylation is 1. The molecule has 0 aliphatic carbocycles. The Morgan fingerprint density at radius 1 is 1.10 bits per heavy atom. The topological polar surface area (TPSA) is 92.3 Å². The van der Waals surface area contributed by atoms with E-state index in [0.717, 1.165) is 16.9 Å². The first-order chi connectivity index (χ1) is 15.2. The van der Waals surface area contributed by atoms with Gasteiger partial charge in [-0.25, -0.2) is 5.43 Å². The molecule has 2 aromatic heterocycles. The van der Waals surface area contributed by atoms with Crippen LogP contribution in [0.3, 0.4) is 0 Å². The zero-order valence-electron chi connectivity index (χ0n) is 16.9. The average Bonchev–Trinajstić information content (AvgIpc) is 3.30. The Balaban J connectivity index is 1.34. The molecule has 31 heavy (non-hydrogen) atoms. The highest BCUT2D eigenvalue weighted by molar-refractivity contribution is 5.94. The molecule has 0 radical (unpaired) electrons. The second-order valence-corrected chi connectivity index (χ2v) is 6.92. The van der Waals surface area contributed by atoms with E-state index >= 15 is 0 Å². The van der Waals surface area contributed by atoms with Crippen LogP contribution >= 0.6 is 0 Å². The number of hydrogen-bond acceptors (Lipinski definition) is 5. The molecule has 0 spiro atoms. The van der Waals surface area contributed by atoms with Gasteiger partial charge in [0.05, 0.1) is 17.6 Å². The Hall–Kier alpha value is -4.26. The summed E-state index contributed by atoms with van der Waals surface area (Å²) in [6, 6.07) is 22.9. The number of amides is 1. The molecular formula is C24H21N5O2. The molecule has 0 atom stereocenters. The van der Waals surface area contributed by atoms with E-state index in [1.807, 2.05) is 36.4 Å². The predicted molar refractivity (Wildman–Crippen MR) is 119 cm³/mol. The van der Waals surface area contributed by atoms with Crippen LogP contribution in [-0.2, 0) is 6.61 Å². The zero-order chi connectivity index (χ0) is 21.5. The number of nitrogens with zero attached hydrogens (tertiary/aromatic N) is 3. The zero-order valence-corrected chi connectivity index (χ0v) is 16.9. The molecule has 2 aromatic carbocycles. The first-order valence-corrected chi connectivity index (χ1v) is 9.76. The van der Waals surface area contributed by atoms with Gasteiger partial charge in [-0.1, -0.05) is 35.9 Å². The summed E-state index contributed by atoms with van der Waals surface area (Å²) in [5.74, 6) is 0.380. The van der Waals surface area contributed by atoms with Crippen LogP contribution in [-0.4, -0.2) is 27.3 Å². The number of hydrogen-bond donors (Lipinski definition) is 2. The molecule has 0 aliphatic heterocycles. The number of carbonyl (C=O) groups is 1. The molecule has 7 heteroatoms. The highest BCUT2D eigenvalue weighted by atomic mass is 16.5. The van der Waals surface area contributed by atoms with Gasteiger partial charge >= 0.3 is 0 Å². The monoisotopic (exact) mass is 411 g/mol. The van der Waals surface area contributed by atoms with Crippen LogP contribution in [0.15, 0.2) is 84.1 Å². The molecule has 0 aliphatic rings. The summed E-state index contributed by atoms with van der Waals surface area (Å²) >= 11 is 0. The Kier molecular flexibility index (Phi) is 6.13. The summed E-state index contributed by atoms with van der Waals surface area (Å²) in [6.07, 6.45) is 3.13. The van der Waals surface area contributed by atoms with Crippen molar-refractivity contribution in [3.8, 4) is 17.0 Å². The number of ether oxygens (including phenoxy) is 1. The Bertz CT molecular complexity index is 1170. The Morgan fingerprint density at radius 2 is 1.90 bits per heavy atom. The van der Waals surface area contributed by atoms with Crippen molar-refractivity contribution < 1.29 is 9.53 Å². The first-order valence-electron chi connectivity index (χ1n) is 9.76. The molecular weight excluding hydrogens is 390 g/mol. The second kappa shape index (κ2) is 9.49. The SMILES string of the molecule is Cc1ccc(COc2ccc(-c3cc(C(=O)NN=Cc4ccccn4)[nH]n3)cc2)cc1. The molecule has 0 unspecified atom stereocenters. The van der Waals surface area contributed by atoms with Gasteiger partial charge in [-0.15, -0.1) is 0 Å². The molecule has 2 N–H and O–H groups in total. The lowest BCUT2D eigenvalue weighted by Crippen LogP contribution is -2.18. The van der Waals surface area contributed by atoms with E-state index in [9.17, 15) is 4.79 Å². The van der Waals surface area contributed by atoms with Crippen molar-refractivity contribution in [1.29, 1.82) is 0 Å². The highest BCUT2D eigenvalue weighted by Crippen LogP contribution is 2.22. The average molecular weight is 411 g/mol. The van der Waals surface area contributed by atoms with Crippen molar-refractivity contribution >= 4 is 12.1 Å². The third-order valence-electron chi connectivity index (χ3n) is 4.55. The quantitative estimate of drug-likeness (QED) is 0.353. The Labute approximate surface area is 179 Å². The van der Waals surface area contributed by atoms with Gasteiger partial charge in [0.15, 0.2) is 0 Å². The number of carbonyl (C=O) groups excluding carboxylic acids is 1. The minimum atomic E-state index is -0.385. The van der Waals surface area contributed by atoms with Crippen molar-refractivity contribution in [3.05, 3.63) is 102 Å². The van der Waals surface area contributed by atoms with Crippen molar-refractivity contribution in [2.24, 2.45) is 5.10 Å². The summed E-state index contributed by atoms with van der Waals surface area (Å²) in [6.45, 7) is 2.56. The van der Waals surface area contributed by atoms with Crippen LogP contribution in [0.2, 0.25) is 0 Å². The summed E-state index contributed by atoms with van der Waals surface area (Å²) in [7, 11) is 0. The number of nitrogens with one attached hydrogen (secondary N) is 2. The van der Waals surface area contributed by atoms with Crippen molar-refractivity contribution in [2.75, 3.05) is 0 Å². The second-order valence-electron chi connectivity index (χ2n) is 6.92. The normalized spacial score (nSPS) is 10.9. The molecule has 4 rings (SSSR count). The fourth-order valence-corrected chi connectivity index (χ4v) is 2.83. The number of rotatable bonds is 7. The van der Waals surface area contributed by atoms with E-state index in [1.165, 1.54) is 11.8 Å². The first kappa shape index (κ1) is 20.0. The molecule has 0 saturated carbocycles. The van der Waals surface area contributed by atoms with Crippen LogP contribution in [0.1, 0.15) is 27.3 Å². The fourth-order valence-electron chi connectivity index (χ4n) is 2.83. The van der Waals surface area contributed by atoms with E-state index in [4.69, 9.17) is 4.74 Å². The van der Waals surface area contributed by atoms with Gasteiger partial charge in [0.2, 0.25) is 0 Å². The maximum atomic E-state index is 12.2. The third-order valence-corrected chi connectivity index (χ3v) is 4.55. The molecule has 1 amide bonds. The van der Waals surface area contributed by atoms with Crippen LogP contribution in [0.4, 0.5) is 0 Å². The van der Waals surface area contributed by atoms with Crippen LogP contribution in [0, 0.1) is 6.92 Å². The molecule has 0 bridgehead atoms. The minimum Gasteiger partial charge on any atom is -0.489 e. The lowest BCUT2D eigenvalue weighted by atomic mass is 10.1. The third kappa shape index (κ3) is 5.42. The van der Waals surface area contributed by atoms with Crippen LogP contribution < -0.4 is 10.2 Å². The number of H-pyrrole nitrogens is 1. The van der Waals surface area contributed by atoms with Gasteiger partial charge in [0.1, 0.15) is 18.1 Å². The number of benzene rings is 2. The molecule has 0 fully saturated rings. The number of pyridine rings is 1. The Morgan fingerprint density at radius 3 is 2.65 bits per heavy atom. The largest absolute Gasteiger partial charge is 0.489 e. The van der Waals surface area contributed by atoms with Gasteiger partial charge in [-0.3, -0.25) is 14.9 Å². The molecule has 154 valence electrons. The van der Waals surface area contributed by atoms with Gasteiger partial charge < -0.3 is 4.74 Å². The van der Waals surface area contributed by atoms with Crippen LogP contribution in [0.25, 0.3) is 11.3 Å². The predicted octanol–water partition coefficient (Wildman–Crippen LogP) is 4.12. The lowest BCUT2D eigenvalue weighted by molar-refractivity contribution is 0.0950. The summed E-state index contributed by atoms with van der Waals surface area (Å²) < 4.78 is 5.83. The number of aromatic amines is 1. The summed E-state index contributed by atoms with van der Waals surface area (Å²) in [5, 5.41) is 10.9. The maximum absolute atomic E-state index is 12.2. The molecule has 0 saturated heterocycles. The van der Waals surface area contributed by atoms with Gasteiger partial charge in [0.25, 0.3) is 5.91 Å². The van der Waals surface area contributed by atoms with E-state index < -0.39 is 0 Å². The summed E-state index contributed by atoms with van der Waals surface area (Å²) in [4.78, 5) is 16.3.